The fraction of sp³-hybridized carbons (Fsp3) is 0.773. The lowest BCUT2D eigenvalue weighted by Gasteiger charge is -2.20. The first kappa shape index (κ1) is 23.9. The number of carbonyl (C=O) groups excluding carboxylic acids is 3. The Kier molecular flexibility index (Phi) is 12.4. The van der Waals surface area contributed by atoms with E-state index in [0.717, 1.165) is 51.4 Å². The molecule has 0 aromatic carbocycles. The van der Waals surface area contributed by atoms with Crippen LogP contribution in [-0.2, 0) is 19.1 Å². The average Bonchev–Trinajstić information content (AvgIpc) is 2.91. The Hall–Kier alpha value is -1.10. The molecular formula is C22H36O4S. The molecule has 0 bridgehead atoms. The minimum atomic E-state index is -0.164. The first-order valence-corrected chi connectivity index (χ1v) is 11.0. The van der Waals surface area contributed by atoms with Gasteiger partial charge in [-0.1, -0.05) is 31.9 Å². The summed E-state index contributed by atoms with van der Waals surface area (Å²) in [6.45, 7) is 2.14. The lowest BCUT2D eigenvalue weighted by molar-refractivity contribution is -0.140. The third-order valence-corrected chi connectivity index (χ3v) is 6.00. The third-order valence-electron chi connectivity index (χ3n) is 5.44. The molecule has 4 nitrogen and oxygen atoms in total. The quantitative estimate of drug-likeness (QED) is 0.192. The second-order valence-corrected chi connectivity index (χ2v) is 8.23. The lowest BCUT2D eigenvalue weighted by Crippen LogP contribution is -2.19. The van der Waals surface area contributed by atoms with Crippen LogP contribution in [-0.4, -0.2) is 29.9 Å². The molecule has 0 radical (unpaired) electrons. The van der Waals surface area contributed by atoms with Crippen molar-refractivity contribution in [3.8, 4) is 0 Å². The van der Waals surface area contributed by atoms with Gasteiger partial charge in [0.2, 0.25) is 0 Å². The van der Waals surface area contributed by atoms with Gasteiger partial charge in [-0.25, -0.2) is 0 Å². The van der Waals surface area contributed by atoms with Crippen molar-refractivity contribution in [2.75, 3.05) is 7.11 Å². The molecule has 0 aromatic rings. The largest absolute Gasteiger partial charge is 0.469 e. The van der Waals surface area contributed by atoms with Crippen LogP contribution in [0.2, 0.25) is 0 Å². The van der Waals surface area contributed by atoms with E-state index in [4.69, 9.17) is 0 Å². The van der Waals surface area contributed by atoms with Gasteiger partial charge >= 0.3 is 5.97 Å². The number of ether oxygens (including phenoxy) is 1. The number of hydrogen-bond donors (Lipinski definition) is 1. The summed E-state index contributed by atoms with van der Waals surface area (Å²) in [4.78, 5) is 35.4. The summed E-state index contributed by atoms with van der Waals surface area (Å²) >= 11 is 4.61. The van der Waals surface area contributed by atoms with Crippen LogP contribution in [0.1, 0.15) is 84.0 Å². The minimum absolute atomic E-state index is 0.00209. The normalized spacial score (nSPS) is 22.5. The van der Waals surface area contributed by atoms with E-state index in [2.05, 4.69) is 36.4 Å². The van der Waals surface area contributed by atoms with Gasteiger partial charge in [0.05, 0.1) is 7.11 Å². The predicted molar refractivity (Wildman–Crippen MR) is 112 cm³/mol. The maximum atomic E-state index is 12.3. The van der Waals surface area contributed by atoms with Gasteiger partial charge in [-0.05, 0) is 44.4 Å². The van der Waals surface area contributed by atoms with Crippen molar-refractivity contribution in [3.05, 3.63) is 12.2 Å². The summed E-state index contributed by atoms with van der Waals surface area (Å²) in [5.41, 5.74) is 0. The van der Waals surface area contributed by atoms with Gasteiger partial charge < -0.3 is 4.74 Å². The first-order valence-electron chi connectivity index (χ1n) is 10.4. The lowest BCUT2D eigenvalue weighted by atomic mass is 9.87. The van der Waals surface area contributed by atoms with Crippen molar-refractivity contribution in [2.45, 2.75) is 89.2 Å². The number of rotatable bonds is 14. The summed E-state index contributed by atoms with van der Waals surface area (Å²) in [6, 6.07) is 0. The van der Waals surface area contributed by atoms with E-state index >= 15 is 0 Å². The molecule has 1 rings (SSSR count). The zero-order valence-electron chi connectivity index (χ0n) is 17.0. The zero-order valence-corrected chi connectivity index (χ0v) is 17.8. The molecule has 1 fully saturated rings. The van der Waals surface area contributed by atoms with E-state index in [1.54, 1.807) is 0 Å². The second-order valence-electron chi connectivity index (χ2n) is 7.57. The molecule has 0 aliphatic heterocycles. The Morgan fingerprint density at radius 1 is 1.11 bits per heavy atom. The topological polar surface area (TPSA) is 60.4 Å². The number of carbonyl (C=O) groups is 3. The van der Waals surface area contributed by atoms with Gasteiger partial charge in [-0.3, -0.25) is 14.4 Å². The van der Waals surface area contributed by atoms with Crippen LogP contribution in [0.5, 0.6) is 0 Å². The first-order chi connectivity index (χ1) is 13.0. The molecule has 1 aliphatic rings. The zero-order chi connectivity index (χ0) is 20.1. The molecule has 0 N–H and O–H groups in total. The number of allylic oxidation sites excluding steroid dienone is 2. The van der Waals surface area contributed by atoms with Crippen molar-refractivity contribution in [1.29, 1.82) is 0 Å². The minimum Gasteiger partial charge on any atom is -0.469 e. The maximum absolute atomic E-state index is 12.3. The van der Waals surface area contributed by atoms with Gasteiger partial charge in [-0.15, -0.1) is 0 Å². The molecule has 1 saturated carbocycles. The molecule has 0 heterocycles. The standard InChI is InChI=1S/C22H36O4S/c1-3-4-8-11-17(23)14-15-19-18(20(24)16-21(19)27)12-9-6-5-7-10-13-22(25)26-2/h6,9,18-19,21,27H,3-5,7-8,10-16H2,1-2H3/b9-6-/t18-,19?,21-/m1/s1. The van der Waals surface area contributed by atoms with Gasteiger partial charge in [-0.2, -0.15) is 12.6 Å². The number of Topliss-reactive ketones (excluding diaryl/α,β-unsaturated/α-hetero) is 2. The fourth-order valence-corrected chi connectivity index (χ4v) is 4.27. The molecule has 0 aromatic heterocycles. The summed E-state index contributed by atoms with van der Waals surface area (Å²) in [6.07, 6.45) is 13.8. The summed E-state index contributed by atoms with van der Waals surface area (Å²) < 4.78 is 4.62. The molecule has 154 valence electrons. The smallest absolute Gasteiger partial charge is 0.305 e. The van der Waals surface area contributed by atoms with Gasteiger partial charge in [0.25, 0.3) is 0 Å². The Morgan fingerprint density at radius 3 is 2.56 bits per heavy atom. The Labute approximate surface area is 169 Å². The van der Waals surface area contributed by atoms with Crippen LogP contribution in [0, 0.1) is 11.8 Å². The van der Waals surface area contributed by atoms with Crippen molar-refractivity contribution < 1.29 is 19.1 Å². The highest BCUT2D eigenvalue weighted by Crippen LogP contribution is 2.38. The molecule has 0 saturated heterocycles. The van der Waals surface area contributed by atoms with Crippen LogP contribution in [0.25, 0.3) is 0 Å². The van der Waals surface area contributed by atoms with Crippen molar-refractivity contribution in [1.82, 2.24) is 0 Å². The Bertz CT molecular complexity index is 501. The molecular weight excluding hydrogens is 360 g/mol. The molecule has 0 amide bonds. The average molecular weight is 397 g/mol. The maximum Gasteiger partial charge on any atom is 0.305 e. The number of methoxy groups -OCH3 is 1. The molecule has 5 heteroatoms. The van der Waals surface area contributed by atoms with Gasteiger partial charge in [0.15, 0.2) is 0 Å². The molecule has 3 atom stereocenters. The van der Waals surface area contributed by atoms with E-state index in [-0.39, 0.29) is 28.8 Å². The Balaban J connectivity index is 2.33. The summed E-state index contributed by atoms with van der Waals surface area (Å²) in [7, 11) is 1.41. The molecule has 1 unspecified atom stereocenters. The SMILES string of the molecule is CCCCCC(=O)CCC1[C@H](S)CC(=O)[C@@H]1C/C=C\CCCCC(=O)OC. The van der Waals surface area contributed by atoms with Crippen LogP contribution in [0.4, 0.5) is 0 Å². The van der Waals surface area contributed by atoms with E-state index in [1.165, 1.54) is 7.11 Å². The number of unbranched alkanes of at least 4 members (excludes halogenated alkanes) is 4. The molecule has 27 heavy (non-hydrogen) atoms. The fourth-order valence-electron chi connectivity index (χ4n) is 3.73. The predicted octanol–water partition coefficient (Wildman–Crippen LogP) is 5.10. The van der Waals surface area contributed by atoms with E-state index in [1.807, 2.05) is 0 Å². The van der Waals surface area contributed by atoms with Crippen LogP contribution in [0.3, 0.4) is 0 Å². The van der Waals surface area contributed by atoms with Gasteiger partial charge in [0, 0.05) is 36.9 Å². The highest BCUT2D eigenvalue weighted by Gasteiger charge is 2.39. The van der Waals surface area contributed by atoms with E-state index in [0.29, 0.717) is 31.5 Å². The second kappa shape index (κ2) is 14.0. The van der Waals surface area contributed by atoms with Crippen molar-refractivity contribution in [2.24, 2.45) is 11.8 Å². The Morgan fingerprint density at radius 2 is 1.85 bits per heavy atom. The summed E-state index contributed by atoms with van der Waals surface area (Å²) in [5.74, 6) is 0.654. The van der Waals surface area contributed by atoms with Gasteiger partial charge in [0.1, 0.15) is 11.6 Å². The molecule has 1 aliphatic carbocycles. The van der Waals surface area contributed by atoms with Crippen LogP contribution >= 0.6 is 12.6 Å². The van der Waals surface area contributed by atoms with Crippen LogP contribution in [0.15, 0.2) is 12.2 Å². The number of esters is 1. The third kappa shape index (κ3) is 9.59. The van der Waals surface area contributed by atoms with E-state index < -0.39 is 0 Å². The van der Waals surface area contributed by atoms with Crippen LogP contribution < -0.4 is 0 Å². The van der Waals surface area contributed by atoms with E-state index in [9.17, 15) is 14.4 Å². The van der Waals surface area contributed by atoms with Crippen molar-refractivity contribution >= 4 is 30.2 Å². The number of hydrogen-bond acceptors (Lipinski definition) is 5. The number of ketones is 2. The highest BCUT2D eigenvalue weighted by molar-refractivity contribution is 7.81. The highest BCUT2D eigenvalue weighted by atomic mass is 32.1. The monoisotopic (exact) mass is 396 g/mol. The van der Waals surface area contributed by atoms with Crippen molar-refractivity contribution in [3.63, 3.8) is 0 Å². The number of thiol groups is 1. The summed E-state index contributed by atoms with van der Waals surface area (Å²) in [5, 5.41) is 0.0828. The molecule has 0 spiro atoms.